The van der Waals surface area contributed by atoms with E-state index >= 15 is 0 Å². The maximum Gasteiger partial charge on any atom is 0.416 e. The molecule has 1 amide bonds. The van der Waals surface area contributed by atoms with Crippen molar-refractivity contribution in [2.45, 2.75) is 31.7 Å². The van der Waals surface area contributed by atoms with Crippen LogP contribution in [-0.4, -0.2) is 17.7 Å². The van der Waals surface area contributed by atoms with Gasteiger partial charge in [-0.25, -0.2) is 8.78 Å². The highest BCUT2D eigenvalue weighted by atomic mass is 19.4. The molecule has 1 unspecified atom stereocenters. The van der Waals surface area contributed by atoms with E-state index in [0.29, 0.717) is 18.2 Å². The van der Waals surface area contributed by atoms with Crippen molar-refractivity contribution in [3.05, 3.63) is 70.8 Å². The maximum absolute atomic E-state index is 13.8. The van der Waals surface area contributed by atoms with E-state index in [2.05, 4.69) is 10.5 Å². The van der Waals surface area contributed by atoms with E-state index in [9.17, 15) is 26.7 Å². The summed E-state index contributed by atoms with van der Waals surface area (Å²) in [6.45, 7) is -0.282. The largest absolute Gasteiger partial charge is 0.416 e. The van der Waals surface area contributed by atoms with Crippen LogP contribution in [0.4, 0.5) is 22.0 Å². The topological polar surface area (TPSA) is 50.7 Å². The van der Waals surface area contributed by atoms with Gasteiger partial charge in [-0.1, -0.05) is 23.4 Å². The molecular formula is C19H15F5N2O2. The number of amides is 1. The molecule has 1 aliphatic rings. The number of halogens is 5. The average molecular weight is 398 g/mol. The molecule has 0 saturated heterocycles. The van der Waals surface area contributed by atoms with Crippen molar-refractivity contribution >= 4 is 11.6 Å². The number of benzene rings is 2. The lowest BCUT2D eigenvalue weighted by Gasteiger charge is -2.12. The van der Waals surface area contributed by atoms with Gasteiger partial charge in [0.1, 0.15) is 11.6 Å². The van der Waals surface area contributed by atoms with E-state index in [0.717, 1.165) is 17.7 Å². The standard InChI is InChI=1S/C19H15F5N2O2/c20-14-5-1-11(2-6-14)7-15-9-17(28-26-15)18(27)25-10-12-3-4-13(8-16(12)21)19(22,23)24/h1-6,8,17H,7,9-10H2,(H,25,27). The van der Waals surface area contributed by atoms with Gasteiger partial charge in [-0.15, -0.1) is 0 Å². The number of nitrogens with one attached hydrogen (secondary N) is 1. The molecule has 0 bridgehead atoms. The highest BCUT2D eigenvalue weighted by molar-refractivity contribution is 5.93. The molecule has 0 spiro atoms. The van der Waals surface area contributed by atoms with Crippen LogP contribution in [0.3, 0.4) is 0 Å². The third-order valence-electron chi connectivity index (χ3n) is 4.18. The fourth-order valence-electron chi connectivity index (χ4n) is 2.67. The van der Waals surface area contributed by atoms with E-state index in [1.807, 2.05) is 0 Å². The molecular weight excluding hydrogens is 383 g/mol. The number of hydrogen-bond donors (Lipinski definition) is 1. The van der Waals surface area contributed by atoms with Crippen molar-refractivity contribution in [1.29, 1.82) is 0 Å². The summed E-state index contributed by atoms with van der Waals surface area (Å²) in [4.78, 5) is 17.2. The van der Waals surface area contributed by atoms with Crippen molar-refractivity contribution in [2.24, 2.45) is 5.16 Å². The third kappa shape index (κ3) is 4.85. The molecule has 1 atom stereocenters. The summed E-state index contributed by atoms with van der Waals surface area (Å²) in [6, 6.07) is 7.93. The van der Waals surface area contributed by atoms with Crippen LogP contribution in [0.5, 0.6) is 0 Å². The van der Waals surface area contributed by atoms with Crippen LogP contribution in [0.1, 0.15) is 23.1 Å². The zero-order chi connectivity index (χ0) is 20.3. The number of hydrogen-bond acceptors (Lipinski definition) is 3. The number of rotatable bonds is 5. The van der Waals surface area contributed by atoms with Crippen molar-refractivity contribution in [3.63, 3.8) is 0 Å². The Hall–Kier alpha value is -2.97. The predicted octanol–water partition coefficient (Wildman–Crippen LogP) is 3.99. The fraction of sp³-hybridized carbons (Fsp3) is 0.263. The Balaban J connectivity index is 1.52. The van der Waals surface area contributed by atoms with Gasteiger partial charge >= 0.3 is 6.18 Å². The molecule has 28 heavy (non-hydrogen) atoms. The Morgan fingerprint density at radius 3 is 2.50 bits per heavy atom. The first-order chi connectivity index (χ1) is 13.2. The lowest BCUT2D eigenvalue weighted by Crippen LogP contribution is -2.34. The monoisotopic (exact) mass is 398 g/mol. The highest BCUT2D eigenvalue weighted by Gasteiger charge is 2.31. The molecule has 148 valence electrons. The van der Waals surface area contributed by atoms with Crippen LogP contribution in [0, 0.1) is 11.6 Å². The number of oxime groups is 1. The molecule has 1 aliphatic heterocycles. The van der Waals surface area contributed by atoms with Gasteiger partial charge in [-0.2, -0.15) is 13.2 Å². The lowest BCUT2D eigenvalue weighted by atomic mass is 10.0. The summed E-state index contributed by atoms with van der Waals surface area (Å²) in [5.41, 5.74) is 0.217. The lowest BCUT2D eigenvalue weighted by molar-refractivity contribution is -0.137. The number of carbonyl (C=O) groups is 1. The smallest absolute Gasteiger partial charge is 0.382 e. The highest BCUT2D eigenvalue weighted by Crippen LogP contribution is 2.30. The third-order valence-corrected chi connectivity index (χ3v) is 4.18. The minimum absolute atomic E-state index is 0.0770. The quantitative estimate of drug-likeness (QED) is 0.775. The van der Waals surface area contributed by atoms with E-state index in [1.54, 1.807) is 12.1 Å². The Morgan fingerprint density at radius 1 is 1.14 bits per heavy atom. The molecule has 0 radical (unpaired) electrons. The number of alkyl halides is 3. The summed E-state index contributed by atoms with van der Waals surface area (Å²) < 4.78 is 64.4. The molecule has 0 aromatic heterocycles. The molecule has 0 saturated carbocycles. The second-order valence-corrected chi connectivity index (χ2v) is 6.28. The van der Waals surface area contributed by atoms with Crippen molar-refractivity contribution < 1.29 is 31.6 Å². The fourth-order valence-corrected chi connectivity index (χ4v) is 2.67. The molecule has 9 heteroatoms. The van der Waals surface area contributed by atoms with Gasteiger partial charge in [0.25, 0.3) is 5.91 Å². The van der Waals surface area contributed by atoms with Crippen LogP contribution < -0.4 is 5.32 Å². The summed E-state index contributed by atoms with van der Waals surface area (Å²) in [5, 5.41) is 6.25. The summed E-state index contributed by atoms with van der Waals surface area (Å²) in [5.74, 6) is -1.98. The van der Waals surface area contributed by atoms with E-state index in [-0.39, 0.29) is 24.3 Å². The molecule has 1 N–H and O–H groups in total. The van der Waals surface area contributed by atoms with Crippen molar-refractivity contribution in [1.82, 2.24) is 5.32 Å². The van der Waals surface area contributed by atoms with Gasteiger partial charge in [-0.05, 0) is 29.8 Å². The second kappa shape index (κ2) is 7.95. The number of carbonyl (C=O) groups excluding carboxylic acids is 1. The van der Waals surface area contributed by atoms with Crippen LogP contribution in [0.25, 0.3) is 0 Å². The first-order valence-electron chi connectivity index (χ1n) is 8.32. The molecule has 1 heterocycles. The summed E-state index contributed by atoms with van der Waals surface area (Å²) in [7, 11) is 0. The van der Waals surface area contributed by atoms with Gasteiger partial charge < -0.3 is 10.2 Å². The molecule has 4 nitrogen and oxygen atoms in total. The Morgan fingerprint density at radius 2 is 1.86 bits per heavy atom. The zero-order valence-corrected chi connectivity index (χ0v) is 14.4. The van der Waals surface area contributed by atoms with Crippen LogP contribution >= 0.6 is 0 Å². The van der Waals surface area contributed by atoms with Crippen molar-refractivity contribution in [2.75, 3.05) is 0 Å². The first-order valence-corrected chi connectivity index (χ1v) is 8.32. The van der Waals surface area contributed by atoms with Gasteiger partial charge in [0.05, 0.1) is 11.3 Å². The molecule has 3 rings (SSSR count). The van der Waals surface area contributed by atoms with Gasteiger partial charge in [0.15, 0.2) is 0 Å². The molecule has 0 fully saturated rings. The van der Waals surface area contributed by atoms with E-state index in [1.165, 1.54) is 12.1 Å². The van der Waals surface area contributed by atoms with Crippen molar-refractivity contribution in [3.8, 4) is 0 Å². The van der Waals surface area contributed by atoms with Crippen LogP contribution in [-0.2, 0) is 28.8 Å². The summed E-state index contributed by atoms with van der Waals surface area (Å²) in [6.07, 6.45) is -4.96. The number of nitrogens with zero attached hydrogens (tertiary/aromatic N) is 1. The van der Waals surface area contributed by atoms with Gasteiger partial charge in [0.2, 0.25) is 6.10 Å². The molecule has 0 aliphatic carbocycles. The predicted molar refractivity (Wildman–Crippen MR) is 90.3 cm³/mol. The average Bonchev–Trinajstić information content (AvgIpc) is 3.10. The van der Waals surface area contributed by atoms with Crippen LogP contribution in [0.2, 0.25) is 0 Å². The van der Waals surface area contributed by atoms with Gasteiger partial charge in [-0.3, -0.25) is 4.79 Å². The Bertz CT molecular complexity index is 894. The van der Waals surface area contributed by atoms with Crippen LogP contribution in [0.15, 0.2) is 47.6 Å². The minimum atomic E-state index is -4.64. The first kappa shape index (κ1) is 19.8. The normalized spacial score (nSPS) is 16.5. The Kier molecular flexibility index (Phi) is 5.62. The van der Waals surface area contributed by atoms with E-state index < -0.39 is 29.6 Å². The summed E-state index contributed by atoms with van der Waals surface area (Å²) >= 11 is 0. The van der Waals surface area contributed by atoms with Gasteiger partial charge in [0, 0.05) is 24.9 Å². The maximum atomic E-state index is 13.8. The molecule has 2 aromatic carbocycles. The SMILES string of the molecule is O=C(NCc1ccc(C(F)(F)F)cc1F)C1CC(Cc2ccc(F)cc2)=NO1. The Labute approximate surface area is 157 Å². The molecule has 2 aromatic rings. The minimum Gasteiger partial charge on any atom is -0.382 e. The second-order valence-electron chi connectivity index (χ2n) is 6.28. The van der Waals surface area contributed by atoms with E-state index in [4.69, 9.17) is 4.84 Å². The zero-order valence-electron chi connectivity index (χ0n) is 14.4.